The zero-order valence-electron chi connectivity index (χ0n) is 11.6. The van der Waals surface area contributed by atoms with Gasteiger partial charge in [0.1, 0.15) is 0 Å². The van der Waals surface area contributed by atoms with E-state index in [9.17, 15) is 13.2 Å². The lowest BCUT2D eigenvalue weighted by molar-refractivity contribution is -0.137. The van der Waals surface area contributed by atoms with Gasteiger partial charge in [-0.1, -0.05) is 6.07 Å². The van der Waals surface area contributed by atoms with Crippen LogP contribution in [0.4, 0.5) is 13.2 Å². The Kier molecular flexibility index (Phi) is 4.20. The van der Waals surface area contributed by atoms with Crippen LogP contribution in [0.25, 0.3) is 11.5 Å². The van der Waals surface area contributed by atoms with Gasteiger partial charge in [0.05, 0.1) is 16.2 Å². The lowest BCUT2D eigenvalue weighted by atomic mass is 10.1. The van der Waals surface area contributed by atoms with E-state index < -0.39 is 11.7 Å². The maximum Gasteiger partial charge on any atom is 0.416 e. The number of benzene rings is 1. The molecule has 3 rings (SSSR count). The molecule has 0 N–H and O–H groups in total. The highest BCUT2D eigenvalue weighted by Gasteiger charge is 2.30. The Labute approximate surface area is 137 Å². The van der Waals surface area contributed by atoms with Crippen molar-refractivity contribution in [1.29, 1.82) is 0 Å². The summed E-state index contributed by atoms with van der Waals surface area (Å²) in [7, 11) is 0. The summed E-state index contributed by atoms with van der Waals surface area (Å²) in [5.41, 5.74) is -0.517. The summed E-state index contributed by atoms with van der Waals surface area (Å²) in [4.78, 5) is 0. The van der Waals surface area contributed by atoms with Crippen molar-refractivity contribution in [3.63, 3.8) is 0 Å². The van der Waals surface area contributed by atoms with Gasteiger partial charge in [-0.2, -0.15) is 18.3 Å². The molecule has 0 spiro atoms. The molecule has 0 saturated carbocycles. The average molecular weight is 387 g/mol. The normalized spacial score (nSPS) is 11.8. The summed E-state index contributed by atoms with van der Waals surface area (Å²) in [6.07, 6.45) is -0.529. The van der Waals surface area contributed by atoms with Gasteiger partial charge < -0.3 is 4.42 Å². The molecule has 0 saturated heterocycles. The SMILES string of the molecule is FC(F)(F)c1cccc(-c2nnc(CCn3cc(Br)cn3)o2)c1. The standard InChI is InChI=1S/C14H10BrF3N4O/c15-11-7-19-22(8-11)5-4-12-20-21-13(23-12)9-2-1-3-10(6-9)14(16,17)18/h1-3,6-8H,4-5H2. The van der Waals surface area contributed by atoms with Crippen LogP contribution in [0.15, 0.2) is 45.5 Å². The van der Waals surface area contributed by atoms with Crippen LogP contribution in [0.3, 0.4) is 0 Å². The molecule has 5 nitrogen and oxygen atoms in total. The molecule has 0 amide bonds. The summed E-state index contributed by atoms with van der Waals surface area (Å²) in [5, 5.41) is 11.7. The second-order valence-corrected chi connectivity index (χ2v) is 5.67. The first-order chi connectivity index (χ1) is 10.9. The van der Waals surface area contributed by atoms with E-state index in [2.05, 4.69) is 31.2 Å². The Bertz CT molecular complexity index is 812. The van der Waals surface area contributed by atoms with Gasteiger partial charge in [-0.15, -0.1) is 10.2 Å². The lowest BCUT2D eigenvalue weighted by Gasteiger charge is -2.06. The zero-order chi connectivity index (χ0) is 16.4. The highest BCUT2D eigenvalue weighted by atomic mass is 79.9. The summed E-state index contributed by atoms with van der Waals surface area (Å²) in [6.45, 7) is 0.524. The summed E-state index contributed by atoms with van der Waals surface area (Å²) in [5.74, 6) is 0.400. The van der Waals surface area contributed by atoms with Crippen molar-refractivity contribution in [2.24, 2.45) is 0 Å². The predicted octanol–water partition coefficient (Wildman–Crippen LogP) is 3.96. The van der Waals surface area contributed by atoms with E-state index in [-0.39, 0.29) is 11.5 Å². The quantitative estimate of drug-likeness (QED) is 0.680. The molecule has 2 heterocycles. The maximum atomic E-state index is 12.7. The highest BCUT2D eigenvalue weighted by Crippen LogP contribution is 2.31. The van der Waals surface area contributed by atoms with E-state index in [1.54, 1.807) is 17.1 Å². The first-order valence-corrected chi connectivity index (χ1v) is 7.39. The Hall–Kier alpha value is -2.16. The van der Waals surface area contributed by atoms with Crippen LogP contribution in [0, 0.1) is 0 Å². The van der Waals surface area contributed by atoms with Crippen molar-refractivity contribution in [3.05, 3.63) is 52.6 Å². The third-order valence-corrected chi connectivity index (χ3v) is 3.47. The second kappa shape index (κ2) is 6.15. The maximum absolute atomic E-state index is 12.7. The molecule has 0 radical (unpaired) electrons. The summed E-state index contributed by atoms with van der Waals surface area (Å²) in [6, 6.07) is 4.79. The van der Waals surface area contributed by atoms with Crippen LogP contribution in [0.5, 0.6) is 0 Å². The minimum absolute atomic E-state index is 0.0627. The van der Waals surface area contributed by atoms with Gasteiger partial charge >= 0.3 is 6.18 Å². The van der Waals surface area contributed by atoms with Gasteiger partial charge in [0.25, 0.3) is 0 Å². The van der Waals surface area contributed by atoms with Crippen molar-refractivity contribution >= 4 is 15.9 Å². The molecular formula is C14H10BrF3N4O. The van der Waals surface area contributed by atoms with E-state index in [1.165, 1.54) is 12.1 Å². The third kappa shape index (κ3) is 3.79. The van der Waals surface area contributed by atoms with Crippen LogP contribution in [-0.2, 0) is 19.1 Å². The number of alkyl halides is 3. The predicted molar refractivity (Wildman–Crippen MR) is 78.4 cm³/mol. The molecule has 0 atom stereocenters. The Balaban J connectivity index is 1.74. The number of nitrogens with zero attached hydrogens (tertiary/aromatic N) is 4. The van der Waals surface area contributed by atoms with Gasteiger partial charge in [0.2, 0.25) is 11.8 Å². The summed E-state index contributed by atoms with van der Waals surface area (Å²) < 4.78 is 46.1. The van der Waals surface area contributed by atoms with Crippen LogP contribution in [-0.4, -0.2) is 20.0 Å². The van der Waals surface area contributed by atoms with Crippen LogP contribution in [0.1, 0.15) is 11.5 Å². The van der Waals surface area contributed by atoms with Crippen LogP contribution < -0.4 is 0 Å². The molecule has 1 aromatic carbocycles. The first kappa shape index (κ1) is 15.7. The number of aromatic nitrogens is 4. The number of hydrogen-bond acceptors (Lipinski definition) is 4. The van der Waals surface area contributed by atoms with Gasteiger partial charge in [-0.05, 0) is 34.1 Å². The van der Waals surface area contributed by atoms with E-state index in [0.29, 0.717) is 18.9 Å². The zero-order valence-corrected chi connectivity index (χ0v) is 13.2. The second-order valence-electron chi connectivity index (χ2n) is 4.75. The Morgan fingerprint density at radius 2 is 2.04 bits per heavy atom. The van der Waals surface area contributed by atoms with E-state index in [1.807, 2.05) is 0 Å². The molecule has 0 fully saturated rings. The molecule has 3 aromatic rings. The number of aryl methyl sites for hydroxylation is 2. The highest BCUT2D eigenvalue weighted by molar-refractivity contribution is 9.10. The van der Waals surface area contributed by atoms with E-state index in [4.69, 9.17) is 4.42 Å². The molecule has 23 heavy (non-hydrogen) atoms. The largest absolute Gasteiger partial charge is 0.421 e. The lowest BCUT2D eigenvalue weighted by Crippen LogP contribution is -2.04. The Morgan fingerprint density at radius 3 is 2.74 bits per heavy atom. The molecule has 0 aliphatic heterocycles. The number of rotatable bonds is 4. The minimum atomic E-state index is -4.41. The first-order valence-electron chi connectivity index (χ1n) is 6.60. The van der Waals surface area contributed by atoms with Crippen molar-refractivity contribution in [2.75, 3.05) is 0 Å². The van der Waals surface area contributed by atoms with E-state index in [0.717, 1.165) is 16.6 Å². The minimum Gasteiger partial charge on any atom is -0.421 e. The van der Waals surface area contributed by atoms with Gasteiger partial charge in [0.15, 0.2) is 0 Å². The molecular weight excluding hydrogens is 377 g/mol. The van der Waals surface area contributed by atoms with Crippen molar-refractivity contribution in [1.82, 2.24) is 20.0 Å². The monoisotopic (exact) mass is 386 g/mol. The van der Waals surface area contributed by atoms with Crippen molar-refractivity contribution < 1.29 is 17.6 Å². The van der Waals surface area contributed by atoms with E-state index >= 15 is 0 Å². The fourth-order valence-corrected chi connectivity index (χ4v) is 2.30. The molecule has 9 heteroatoms. The van der Waals surface area contributed by atoms with Gasteiger partial charge in [-0.25, -0.2) is 0 Å². The van der Waals surface area contributed by atoms with Crippen LogP contribution in [0.2, 0.25) is 0 Å². The van der Waals surface area contributed by atoms with Gasteiger partial charge in [-0.3, -0.25) is 4.68 Å². The molecule has 0 unspecified atom stereocenters. The third-order valence-electron chi connectivity index (χ3n) is 3.06. The molecule has 0 aliphatic rings. The fourth-order valence-electron chi connectivity index (χ4n) is 1.97. The summed E-state index contributed by atoms with van der Waals surface area (Å²) >= 11 is 3.29. The topological polar surface area (TPSA) is 56.7 Å². The average Bonchev–Trinajstić information content (AvgIpc) is 3.13. The molecule has 120 valence electrons. The Morgan fingerprint density at radius 1 is 1.22 bits per heavy atom. The molecule has 0 aliphatic carbocycles. The molecule has 2 aromatic heterocycles. The van der Waals surface area contributed by atoms with Crippen molar-refractivity contribution in [2.45, 2.75) is 19.1 Å². The number of hydrogen-bond donors (Lipinski definition) is 0. The fraction of sp³-hybridized carbons (Fsp3) is 0.214. The molecule has 0 bridgehead atoms. The van der Waals surface area contributed by atoms with Crippen molar-refractivity contribution in [3.8, 4) is 11.5 Å². The van der Waals surface area contributed by atoms with Crippen LogP contribution >= 0.6 is 15.9 Å². The number of halogens is 4. The smallest absolute Gasteiger partial charge is 0.416 e. The van der Waals surface area contributed by atoms with Gasteiger partial charge in [0, 0.05) is 24.7 Å².